The van der Waals surface area contributed by atoms with Crippen LogP contribution >= 0.6 is 0 Å². The molecule has 4 saturated heterocycles. The number of likely N-dealkylation sites (N-methyl/N-ethyl adjacent to an activating group) is 1. The lowest BCUT2D eigenvalue weighted by Crippen LogP contribution is -2.70. The van der Waals surface area contributed by atoms with Crippen LogP contribution in [0.25, 0.3) is 6.08 Å². The number of epoxide rings is 1. The Hall–Kier alpha value is -4.18. The van der Waals surface area contributed by atoms with E-state index in [9.17, 15) is 19.5 Å². The van der Waals surface area contributed by atoms with Crippen molar-refractivity contribution in [1.29, 1.82) is 0 Å². The van der Waals surface area contributed by atoms with E-state index in [1.165, 1.54) is 23.3 Å². The summed E-state index contributed by atoms with van der Waals surface area (Å²) in [5, 5.41) is 15.0. The maximum atomic E-state index is 16.0. The number of carbonyl (C=O) groups excluding carboxylic acids is 4. The quantitative estimate of drug-likeness (QED) is 0.136. The number of ether oxygens (including phenoxy) is 5. The third kappa shape index (κ3) is 9.08. The summed E-state index contributed by atoms with van der Waals surface area (Å²) in [7, 11) is 1.61. The maximum Gasteiger partial charge on any atom is 0.327 e. The second-order valence-corrected chi connectivity index (χ2v) is 24.7. The number of aliphatic hydroxyl groups is 1. The van der Waals surface area contributed by atoms with E-state index < -0.39 is 89.7 Å². The van der Waals surface area contributed by atoms with Gasteiger partial charge in [-0.3, -0.25) is 24.0 Å². The molecule has 384 valence electrons. The van der Waals surface area contributed by atoms with Crippen molar-refractivity contribution in [1.82, 2.24) is 15.3 Å². The Balaban J connectivity index is 0.887. The van der Waals surface area contributed by atoms with E-state index in [-0.39, 0.29) is 49.7 Å². The van der Waals surface area contributed by atoms with Crippen LogP contribution in [0, 0.1) is 34.5 Å². The Kier molecular flexibility index (Phi) is 12.5. The fraction of sp³-hybridized carbons (Fsp3) is 0.684. The van der Waals surface area contributed by atoms with E-state index in [0.29, 0.717) is 23.4 Å². The van der Waals surface area contributed by atoms with Gasteiger partial charge in [0.25, 0.3) is 0 Å². The Morgan fingerprint density at radius 1 is 0.915 bits per heavy atom. The monoisotopic (exact) mass is 978 g/mol. The van der Waals surface area contributed by atoms with Gasteiger partial charge in [-0.15, -0.1) is 0 Å². The molecule has 2 N–H and O–H groups in total. The largest absolute Gasteiger partial charge is 0.460 e. The lowest BCUT2D eigenvalue weighted by atomic mass is 9.52. The molecule has 2 aromatic rings. The summed E-state index contributed by atoms with van der Waals surface area (Å²) in [5.74, 6) is -1.11. The predicted octanol–water partition coefficient (Wildman–Crippen LogP) is 7.23. The number of nitrogens with zero attached hydrogens (tertiary/aromatic N) is 2. The molecule has 0 spiro atoms. The van der Waals surface area contributed by atoms with Gasteiger partial charge in [-0.1, -0.05) is 80.1 Å². The highest BCUT2D eigenvalue weighted by Crippen LogP contribution is 2.64. The lowest BCUT2D eigenvalue weighted by molar-refractivity contribution is -0.235. The highest BCUT2D eigenvalue weighted by Gasteiger charge is 2.78. The van der Waals surface area contributed by atoms with Crippen molar-refractivity contribution in [3.05, 3.63) is 76.9 Å². The molecule has 4 aliphatic heterocycles. The average molecular weight is 978 g/mol. The van der Waals surface area contributed by atoms with Crippen molar-refractivity contribution in [2.24, 2.45) is 34.5 Å². The van der Waals surface area contributed by atoms with Crippen LogP contribution in [0.2, 0.25) is 0 Å². The van der Waals surface area contributed by atoms with E-state index >= 15 is 4.79 Å². The summed E-state index contributed by atoms with van der Waals surface area (Å²) >= 11 is 0. The van der Waals surface area contributed by atoms with Crippen LogP contribution in [0.15, 0.2) is 60.2 Å². The van der Waals surface area contributed by atoms with Crippen LogP contribution in [0.5, 0.6) is 0 Å². The van der Waals surface area contributed by atoms with E-state index in [1.807, 2.05) is 30.3 Å². The first-order chi connectivity index (χ1) is 33.8. The fourth-order valence-electron chi connectivity index (χ4n) is 13.9. The summed E-state index contributed by atoms with van der Waals surface area (Å²) in [6.07, 6.45) is 9.61. The normalized spacial score (nSPS) is 35.8. The van der Waals surface area contributed by atoms with Crippen molar-refractivity contribution in [2.75, 3.05) is 13.7 Å². The summed E-state index contributed by atoms with van der Waals surface area (Å²) < 4.78 is 32.2. The van der Waals surface area contributed by atoms with Crippen LogP contribution in [-0.4, -0.2) is 118 Å². The number of carbonyl (C=O) groups is 4. The van der Waals surface area contributed by atoms with Crippen molar-refractivity contribution >= 4 is 29.8 Å². The third-order valence-corrected chi connectivity index (χ3v) is 18.0. The number of benzene rings is 2. The minimum atomic E-state index is -1.50. The molecule has 0 aromatic heterocycles. The van der Waals surface area contributed by atoms with Crippen LogP contribution < -0.4 is 5.32 Å². The number of nitrogens with one attached hydrogen (secondary N) is 1. The number of aliphatic hydroxyl groups excluding tert-OH is 1. The number of hydrogen-bond acceptors (Lipinski definition) is 12. The number of fused-ring (bicyclic) bond motifs is 6. The van der Waals surface area contributed by atoms with E-state index in [2.05, 4.69) is 56.4 Å². The van der Waals surface area contributed by atoms with Gasteiger partial charge >= 0.3 is 11.9 Å². The molecular formula is C57H75N3O11. The number of amides is 2. The van der Waals surface area contributed by atoms with Crippen LogP contribution in [-0.2, 0) is 60.7 Å². The summed E-state index contributed by atoms with van der Waals surface area (Å²) in [5.41, 5.74) is 2.51. The molecule has 2 aromatic carbocycles. The van der Waals surface area contributed by atoms with Crippen molar-refractivity contribution < 1.29 is 52.8 Å². The Bertz CT molecular complexity index is 2400. The summed E-state index contributed by atoms with van der Waals surface area (Å²) in [6.45, 7) is 12.2. The average Bonchev–Trinajstić information content (AvgIpc) is 4.28. The zero-order chi connectivity index (χ0) is 49.8. The smallest absolute Gasteiger partial charge is 0.327 e. The first-order valence-corrected chi connectivity index (χ1v) is 26.7. The Morgan fingerprint density at radius 2 is 1.62 bits per heavy atom. The van der Waals surface area contributed by atoms with Gasteiger partial charge in [0.05, 0.1) is 30.9 Å². The van der Waals surface area contributed by atoms with Gasteiger partial charge in [0.1, 0.15) is 41.5 Å². The van der Waals surface area contributed by atoms with Crippen LogP contribution in [0.1, 0.15) is 135 Å². The van der Waals surface area contributed by atoms with Crippen molar-refractivity contribution in [3.8, 4) is 0 Å². The second kappa shape index (κ2) is 18.0. The maximum absolute atomic E-state index is 16.0. The number of hydrogen-bond donors (Lipinski definition) is 2. The fourth-order valence-corrected chi connectivity index (χ4v) is 13.9. The molecule has 1 unspecified atom stereocenters. The lowest BCUT2D eigenvalue weighted by Gasteiger charge is -2.53. The topological polar surface area (TPSA) is 166 Å². The predicted molar refractivity (Wildman–Crippen MR) is 261 cm³/mol. The van der Waals surface area contributed by atoms with Crippen molar-refractivity contribution in [2.45, 2.75) is 197 Å². The van der Waals surface area contributed by atoms with Gasteiger partial charge in [0.15, 0.2) is 11.8 Å². The van der Waals surface area contributed by atoms with Crippen LogP contribution in [0.3, 0.4) is 0 Å². The van der Waals surface area contributed by atoms with Gasteiger partial charge in [-0.2, -0.15) is 5.06 Å². The summed E-state index contributed by atoms with van der Waals surface area (Å²) in [4.78, 5) is 66.5. The molecule has 5 saturated carbocycles. The molecule has 9 fully saturated rings. The van der Waals surface area contributed by atoms with Gasteiger partial charge in [-0.25, -0.2) is 0 Å². The number of hydroxylamine groups is 2. The standard InChI is InChI=1S/C57H75N3O11/c1-53(2,3)68-45(62)24-22-39(32-61)58-50(63)42(28-33-11-9-8-10-12-33)59(7)52(65)56-30-43-46-47(70-57(69-46,37-18-19-37)38-20-21-38)49(56)71-60(48(56)51(64)66-43)31-35-15-13-34(14-16-35)27-36-17-23-44-55(6,67-44)26-25-41-40(36)29-54(41,4)5/h8-16,27,37-44,46-49,61H,17-26,28-32H2,1-7H3,(H,58,63)/t39-,40+,41+,42+,43+,44?,46-,47-,48-,49+,55+,56-/m0/s1. The molecule has 14 heteroatoms. The molecule has 11 rings (SSSR count). The van der Waals surface area contributed by atoms with Crippen LogP contribution in [0.4, 0.5) is 0 Å². The number of rotatable bonds is 15. The molecule has 2 amide bonds. The van der Waals surface area contributed by atoms with Crippen molar-refractivity contribution in [3.63, 3.8) is 0 Å². The number of allylic oxidation sites excluding steroid dienone is 1. The third-order valence-electron chi connectivity index (χ3n) is 18.0. The highest BCUT2D eigenvalue weighted by atomic mass is 16.8. The molecule has 4 heterocycles. The first kappa shape index (κ1) is 49.1. The minimum absolute atomic E-state index is 0.0203. The Morgan fingerprint density at radius 3 is 2.28 bits per heavy atom. The molecule has 0 radical (unpaired) electrons. The molecule has 2 bridgehead atoms. The zero-order valence-corrected chi connectivity index (χ0v) is 42.7. The van der Waals surface area contributed by atoms with Gasteiger partial charge < -0.3 is 39.0 Å². The molecular weight excluding hydrogens is 903 g/mol. The first-order valence-electron chi connectivity index (χ1n) is 26.7. The van der Waals surface area contributed by atoms with E-state index in [0.717, 1.165) is 61.6 Å². The van der Waals surface area contributed by atoms with E-state index in [4.69, 9.17) is 28.5 Å². The summed E-state index contributed by atoms with van der Waals surface area (Å²) in [6, 6.07) is 14.9. The molecule has 14 nitrogen and oxygen atoms in total. The molecule has 12 atom stereocenters. The van der Waals surface area contributed by atoms with Gasteiger partial charge in [0.2, 0.25) is 11.8 Å². The SMILES string of the molecule is CN(C(=O)[C@@]12C[C@H]3OC(=O)[C@@H]1N(Cc1ccc(C=C4CCC5O[C@]5(C)CC[C@@H]5[C@@H]4CC5(C)C)cc1)O[C@@H]2[C@H]1OC(C2CC2)(C2CC2)O[C@H]13)[C@H](Cc1ccccc1)C(=O)N[C@H](CO)CCC(=O)OC(C)(C)C. The number of esters is 2. The van der Waals surface area contributed by atoms with Gasteiger partial charge in [-0.05, 0) is 126 Å². The highest BCUT2D eigenvalue weighted by molar-refractivity contribution is 5.96. The minimum Gasteiger partial charge on any atom is -0.460 e. The molecule has 71 heavy (non-hydrogen) atoms. The second-order valence-electron chi connectivity index (χ2n) is 24.7. The zero-order valence-electron chi connectivity index (χ0n) is 42.7. The Labute approximate surface area is 418 Å². The molecule has 9 aliphatic rings. The van der Waals surface area contributed by atoms with Gasteiger partial charge in [0, 0.05) is 38.1 Å². The van der Waals surface area contributed by atoms with E-state index in [1.54, 1.807) is 32.9 Å². The molecule has 5 aliphatic carbocycles.